The third-order valence-corrected chi connectivity index (χ3v) is 5.97. The Morgan fingerprint density at radius 1 is 1.07 bits per heavy atom. The molecule has 0 fully saturated rings. The standard InChI is InChI=1S/C23H14N4O2S/c24-12-13-6-1-2-7-14(13)20-19-16(22(28)26-20)9-5-10-17(19)25-23(29)21-15-8-3-4-11-18(15)30-27-21/h1-11,20H,(H,25,29)(H,26,28). The maximum atomic E-state index is 13.0. The molecule has 2 amide bonds. The molecule has 0 spiro atoms. The summed E-state index contributed by atoms with van der Waals surface area (Å²) < 4.78 is 5.24. The second-order valence-corrected chi connectivity index (χ2v) is 7.66. The molecular weight excluding hydrogens is 396 g/mol. The second kappa shape index (κ2) is 7.10. The molecule has 0 aliphatic carbocycles. The molecule has 4 aromatic rings. The van der Waals surface area contributed by atoms with Crippen LogP contribution in [0.3, 0.4) is 0 Å². The third-order valence-electron chi connectivity index (χ3n) is 5.15. The molecule has 1 unspecified atom stereocenters. The molecule has 144 valence electrons. The van der Waals surface area contributed by atoms with Crippen molar-refractivity contribution in [2.75, 3.05) is 5.32 Å². The zero-order valence-corrected chi connectivity index (χ0v) is 16.4. The van der Waals surface area contributed by atoms with Gasteiger partial charge in [-0.1, -0.05) is 42.5 Å². The van der Waals surface area contributed by atoms with Gasteiger partial charge in [-0.2, -0.15) is 9.64 Å². The predicted octanol–water partition coefficient (Wildman–Crippen LogP) is 4.25. The van der Waals surface area contributed by atoms with Crippen LogP contribution in [0.2, 0.25) is 0 Å². The minimum absolute atomic E-state index is 0.238. The fourth-order valence-corrected chi connectivity index (χ4v) is 4.55. The minimum atomic E-state index is -0.521. The summed E-state index contributed by atoms with van der Waals surface area (Å²) in [4.78, 5) is 25.6. The number of carbonyl (C=O) groups is 2. The fraction of sp³-hybridized carbons (Fsp3) is 0.0435. The number of aromatic nitrogens is 1. The summed E-state index contributed by atoms with van der Waals surface area (Å²) in [7, 11) is 0. The molecule has 0 bridgehead atoms. The van der Waals surface area contributed by atoms with Gasteiger partial charge in [0.05, 0.1) is 22.4 Å². The summed E-state index contributed by atoms with van der Waals surface area (Å²) in [5, 5.41) is 16.1. The van der Waals surface area contributed by atoms with E-state index in [1.807, 2.05) is 36.4 Å². The Labute approximate surface area is 175 Å². The van der Waals surface area contributed by atoms with Gasteiger partial charge in [-0.3, -0.25) is 9.59 Å². The van der Waals surface area contributed by atoms with Crippen molar-refractivity contribution in [3.63, 3.8) is 0 Å². The first-order valence-electron chi connectivity index (χ1n) is 9.26. The van der Waals surface area contributed by atoms with Crippen molar-refractivity contribution in [2.24, 2.45) is 0 Å². The SMILES string of the molecule is N#Cc1ccccc1C1NC(=O)c2cccc(NC(=O)c3nsc4ccccc34)c21. The van der Waals surface area contributed by atoms with Gasteiger partial charge in [-0.15, -0.1) is 0 Å². The summed E-state index contributed by atoms with van der Waals surface area (Å²) in [5.41, 5.74) is 3.16. The van der Waals surface area contributed by atoms with E-state index in [4.69, 9.17) is 0 Å². The number of rotatable bonds is 3. The number of nitrogens with one attached hydrogen (secondary N) is 2. The first-order valence-corrected chi connectivity index (χ1v) is 10.0. The Hall–Kier alpha value is -4.02. The van der Waals surface area contributed by atoms with E-state index in [1.165, 1.54) is 11.5 Å². The molecule has 5 rings (SSSR count). The molecule has 7 heteroatoms. The molecule has 3 aromatic carbocycles. The highest BCUT2D eigenvalue weighted by molar-refractivity contribution is 7.13. The maximum Gasteiger partial charge on any atom is 0.276 e. The van der Waals surface area contributed by atoms with Crippen molar-refractivity contribution in [3.8, 4) is 6.07 Å². The number of benzene rings is 3. The van der Waals surface area contributed by atoms with Crippen molar-refractivity contribution in [3.05, 3.63) is 94.7 Å². The Balaban J connectivity index is 1.58. The Morgan fingerprint density at radius 2 is 1.87 bits per heavy atom. The molecule has 1 aliphatic rings. The van der Waals surface area contributed by atoms with Crippen molar-refractivity contribution < 1.29 is 9.59 Å². The van der Waals surface area contributed by atoms with Crippen LogP contribution >= 0.6 is 11.5 Å². The lowest BCUT2D eigenvalue weighted by Crippen LogP contribution is -2.21. The lowest BCUT2D eigenvalue weighted by Gasteiger charge is -2.17. The summed E-state index contributed by atoms with van der Waals surface area (Å²) in [5.74, 6) is -0.578. The Morgan fingerprint density at radius 3 is 2.73 bits per heavy atom. The lowest BCUT2D eigenvalue weighted by molar-refractivity contribution is 0.0959. The highest BCUT2D eigenvalue weighted by Gasteiger charge is 2.34. The van der Waals surface area contributed by atoms with E-state index in [0.717, 1.165) is 10.1 Å². The van der Waals surface area contributed by atoms with Gasteiger partial charge in [-0.05, 0) is 41.4 Å². The second-order valence-electron chi connectivity index (χ2n) is 6.85. The number of nitrogens with zero attached hydrogens (tertiary/aromatic N) is 2. The molecule has 2 N–H and O–H groups in total. The van der Waals surface area contributed by atoms with E-state index in [1.54, 1.807) is 30.3 Å². The monoisotopic (exact) mass is 410 g/mol. The van der Waals surface area contributed by atoms with Crippen molar-refractivity contribution in [2.45, 2.75) is 6.04 Å². The average molecular weight is 410 g/mol. The van der Waals surface area contributed by atoms with Crippen LogP contribution in [0.1, 0.15) is 43.6 Å². The molecule has 30 heavy (non-hydrogen) atoms. The molecule has 0 radical (unpaired) electrons. The molecule has 0 saturated carbocycles. The van der Waals surface area contributed by atoms with E-state index in [0.29, 0.717) is 33.6 Å². The van der Waals surface area contributed by atoms with E-state index >= 15 is 0 Å². The van der Waals surface area contributed by atoms with Crippen molar-refractivity contribution >= 4 is 39.1 Å². The third kappa shape index (κ3) is 2.82. The summed E-state index contributed by atoms with van der Waals surface area (Å²) in [6.45, 7) is 0. The van der Waals surface area contributed by atoms with E-state index < -0.39 is 6.04 Å². The van der Waals surface area contributed by atoms with Crippen molar-refractivity contribution in [1.29, 1.82) is 5.26 Å². The quantitative estimate of drug-likeness (QED) is 0.528. The van der Waals surface area contributed by atoms with Crippen LogP contribution in [0, 0.1) is 11.3 Å². The highest BCUT2D eigenvalue weighted by atomic mass is 32.1. The van der Waals surface area contributed by atoms with Crippen LogP contribution < -0.4 is 10.6 Å². The van der Waals surface area contributed by atoms with Gasteiger partial charge in [0.2, 0.25) is 0 Å². The van der Waals surface area contributed by atoms with Crippen molar-refractivity contribution in [1.82, 2.24) is 9.69 Å². The largest absolute Gasteiger partial charge is 0.341 e. The molecule has 1 aromatic heterocycles. The number of amides is 2. The highest BCUT2D eigenvalue weighted by Crippen LogP contribution is 2.37. The van der Waals surface area contributed by atoms with E-state index in [9.17, 15) is 14.9 Å². The first-order chi connectivity index (χ1) is 14.7. The Bertz CT molecular complexity index is 1370. The van der Waals surface area contributed by atoms with E-state index in [2.05, 4.69) is 21.1 Å². The van der Waals surface area contributed by atoms with Gasteiger partial charge in [0.25, 0.3) is 11.8 Å². The van der Waals surface area contributed by atoms with E-state index in [-0.39, 0.29) is 11.8 Å². The smallest absolute Gasteiger partial charge is 0.276 e. The zero-order valence-electron chi connectivity index (χ0n) is 15.5. The molecule has 2 heterocycles. The average Bonchev–Trinajstić information content (AvgIpc) is 3.36. The van der Waals surface area contributed by atoms with Crippen LogP contribution in [0.25, 0.3) is 10.1 Å². The van der Waals surface area contributed by atoms with Gasteiger partial charge in [0.15, 0.2) is 0 Å². The Kier molecular flexibility index (Phi) is 4.27. The van der Waals surface area contributed by atoms with Crippen LogP contribution in [0.5, 0.6) is 0 Å². The maximum absolute atomic E-state index is 13.0. The fourth-order valence-electron chi connectivity index (χ4n) is 3.78. The molecule has 1 atom stereocenters. The molecule has 0 saturated heterocycles. The number of fused-ring (bicyclic) bond motifs is 2. The predicted molar refractivity (Wildman–Crippen MR) is 114 cm³/mol. The van der Waals surface area contributed by atoms with Gasteiger partial charge >= 0.3 is 0 Å². The van der Waals surface area contributed by atoms with Crippen LogP contribution in [0.15, 0.2) is 66.7 Å². The number of carbonyl (C=O) groups excluding carboxylic acids is 2. The van der Waals surface area contributed by atoms with Gasteiger partial charge < -0.3 is 10.6 Å². The summed E-state index contributed by atoms with van der Waals surface area (Å²) in [6, 6.07) is 21.5. The lowest BCUT2D eigenvalue weighted by atomic mass is 9.93. The summed E-state index contributed by atoms with van der Waals surface area (Å²) >= 11 is 1.27. The van der Waals surface area contributed by atoms with Crippen LogP contribution in [-0.4, -0.2) is 16.2 Å². The zero-order chi connectivity index (χ0) is 20.7. The topological polar surface area (TPSA) is 94.9 Å². The number of anilines is 1. The summed E-state index contributed by atoms with van der Waals surface area (Å²) in [6.07, 6.45) is 0. The number of nitriles is 1. The molecule has 6 nitrogen and oxygen atoms in total. The molecular formula is C23H14N4O2S. The van der Waals surface area contributed by atoms with Crippen LogP contribution in [-0.2, 0) is 0 Å². The van der Waals surface area contributed by atoms with Gasteiger partial charge in [0.1, 0.15) is 5.69 Å². The molecule has 1 aliphatic heterocycles. The van der Waals surface area contributed by atoms with Crippen LogP contribution in [0.4, 0.5) is 5.69 Å². The van der Waals surface area contributed by atoms with Gasteiger partial charge in [0, 0.05) is 22.2 Å². The normalized spacial score (nSPS) is 14.8. The number of hydrogen-bond acceptors (Lipinski definition) is 5. The minimum Gasteiger partial charge on any atom is -0.341 e. The first kappa shape index (κ1) is 18.0. The van der Waals surface area contributed by atoms with Gasteiger partial charge in [-0.25, -0.2) is 0 Å². The number of hydrogen-bond donors (Lipinski definition) is 2.